The van der Waals surface area contributed by atoms with E-state index in [1.165, 1.54) is 5.56 Å². The van der Waals surface area contributed by atoms with Crippen LogP contribution < -0.4 is 5.32 Å². The molecule has 3 heteroatoms. The zero-order chi connectivity index (χ0) is 13.5. The molecule has 0 aliphatic rings. The summed E-state index contributed by atoms with van der Waals surface area (Å²) in [5.41, 5.74) is 2.78. The van der Waals surface area contributed by atoms with E-state index >= 15 is 0 Å². The van der Waals surface area contributed by atoms with Crippen molar-refractivity contribution in [3.05, 3.63) is 64.7 Å². The van der Waals surface area contributed by atoms with E-state index in [2.05, 4.69) is 35.7 Å². The standard InChI is InChI=1S/C16H15ClN2/c17-15-9-8-14(12-18)11-16(15)19-10-4-7-13-5-2-1-3-6-13/h1-3,5-6,8-9,11,19H,4,7,10H2. The predicted octanol–water partition coefficient (Wildman–Crippen LogP) is 4.26. The molecule has 0 fully saturated rings. The van der Waals surface area contributed by atoms with Crippen LogP contribution in [0.15, 0.2) is 48.5 Å². The van der Waals surface area contributed by atoms with Gasteiger partial charge in [-0.15, -0.1) is 0 Å². The highest BCUT2D eigenvalue weighted by atomic mass is 35.5. The number of nitrogens with one attached hydrogen (secondary N) is 1. The molecule has 0 aromatic heterocycles. The summed E-state index contributed by atoms with van der Waals surface area (Å²) in [5.74, 6) is 0. The lowest BCUT2D eigenvalue weighted by molar-refractivity contribution is 0.863. The summed E-state index contributed by atoms with van der Waals surface area (Å²) in [7, 11) is 0. The molecule has 0 unspecified atom stereocenters. The van der Waals surface area contributed by atoms with E-state index in [1.807, 2.05) is 6.07 Å². The minimum absolute atomic E-state index is 0.620. The number of hydrogen-bond acceptors (Lipinski definition) is 2. The first-order valence-corrected chi connectivity index (χ1v) is 6.65. The van der Waals surface area contributed by atoms with Gasteiger partial charge in [0.25, 0.3) is 0 Å². The van der Waals surface area contributed by atoms with Crippen LogP contribution in [0.3, 0.4) is 0 Å². The van der Waals surface area contributed by atoms with Crippen molar-refractivity contribution in [2.75, 3.05) is 11.9 Å². The maximum absolute atomic E-state index is 8.85. The Morgan fingerprint density at radius 2 is 1.89 bits per heavy atom. The Morgan fingerprint density at radius 1 is 1.11 bits per heavy atom. The molecule has 1 N–H and O–H groups in total. The van der Waals surface area contributed by atoms with Crippen LogP contribution >= 0.6 is 11.6 Å². The highest BCUT2D eigenvalue weighted by Gasteiger charge is 2.01. The Hall–Kier alpha value is -1.98. The summed E-state index contributed by atoms with van der Waals surface area (Å²) >= 11 is 6.08. The first-order chi connectivity index (χ1) is 9.29. The Bertz CT molecular complexity index is 573. The number of aryl methyl sites for hydroxylation is 1. The SMILES string of the molecule is N#Cc1ccc(Cl)c(NCCCc2ccccc2)c1. The molecule has 2 aromatic carbocycles. The lowest BCUT2D eigenvalue weighted by Gasteiger charge is -2.08. The van der Waals surface area contributed by atoms with Crippen molar-refractivity contribution in [3.8, 4) is 6.07 Å². The van der Waals surface area contributed by atoms with E-state index in [1.54, 1.807) is 18.2 Å². The monoisotopic (exact) mass is 270 g/mol. The van der Waals surface area contributed by atoms with E-state index in [9.17, 15) is 0 Å². The van der Waals surface area contributed by atoms with Crippen molar-refractivity contribution in [2.45, 2.75) is 12.8 Å². The number of nitriles is 1. The fraction of sp³-hybridized carbons (Fsp3) is 0.188. The van der Waals surface area contributed by atoms with Gasteiger partial charge in [0.05, 0.1) is 22.3 Å². The minimum atomic E-state index is 0.620. The van der Waals surface area contributed by atoms with Crippen LogP contribution in [-0.2, 0) is 6.42 Å². The minimum Gasteiger partial charge on any atom is -0.384 e. The first kappa shape index (κ1) is 13.5. The normalized spacial score (nSPS) is 9.89. The molecule has 0 spiro atoms. The van der Waals surface area contributed by atoms with E-state index in [-0.39, 0.29) is 0 Å². The van der Waals surface area contributed by atoms with Crippen molar-refractivity contribution in [2.24, 2.45) is 0 Å². The molecule has 0 radical (unpaired) electrons. The maximum Gasteiger partial charge on any atom is 0.0992 e. The van der Waals surface area contributed by atoms with Crippen molar-refractivity contribution in [1.82, 2.24) is 0 Å². The highest BCUT2D eigenvalue weighted by Crippen LogP contribution is 2.22. The molecular weight excluding hydrogens is 256 g/mol. The van der Waals surface area contributed by atoms with Gasteiger partial charge in [0.1, 0.15) is 0 Å². The largest absolute Gasteiger partial charge is 0.384 e. The van der Waals surface area contributed by atoms with Crippen LogP contribution in [0.1, 0.15) is 17.5 Å². The number of nitrogens with zero attached hydrogens (tertiary/aromatic N) is 1. The van der Waals surface area contributed by atoms with Gasteiger partial charge >= 0.3 is 0 Å². The Labute approximate surface area is 118 Å². The topological polar surface area (TPSA) is 35.8 Å². The summed E-state index contributed by atoms with van der Waals surface area (Å²) in [6, 6.07) is 17.7. The van der Waals surface area contributed by atoms with Gasteiger partial charge in [-0.05, 0) is 36.6 Å². The van der Waals surface area contributed by atoms with Crippen LogP contribution in [0.5, 0.6) is 0 Å². The van der Waals surface area contributed by atoms with Crippen LogP contribution in [0, 0.1) is 11.3 Å². The van der Waals surface area contributed by atoms with Gasteiger partial charge < -0.3 is 5.32 Å². The Morgan fingerprint density at radius 3 is 2.63 bits per heavy atom. The molecule has 0 aliphatic heterocycles. The molecule has 0 amide bonds. The third-order valence-corrected chi connectivity index (χ3v) is 3.23. The first-order valence-electron chi connectivity index (χ1n) is 6.27. The van der Waals surface area contributed by atoms with Crippen molar-refractivity contribution in [3.63, 3.8) is 0 Å². The molecule has 0 saturated heterocycles. The van der Waals surface area contributed by atoms with Crippen molar-refractivity contribution < 1.29 is 0 Å². The third kappa shape index (κ3) is 4.01. The number of rotatable bonds is 5. The zero-order valence-electron chi connectivity index (χ0n) is 10.6. The maximum atomic E-state index is 8.85. The second-order valence-electron chi connectivity index (χ2n) is 4.32. The average Bonchev–Trinajstić information content (AvgIpc) is 2.46. The highest BCUT2D eigenvalue weighted by molar-refractivity contribution is 6.33. The van der Waals surface area contributed by atoms with Crippen LogP contribution in [-0.4, -0.2) is 6.54 Å². The number of hydrogen-bond donors (Lipinski definition) is 1. The molecule has 0 heterocycles. The van der Waals surface area contributed by atoms with Crippen LogP contribution in [0.2, 0.25) is 5.02 Å². The van der Waals surface area contributed by atoms with E-state index in [0.29, 0.717) is 10.6 Å². The summed E-state index contributed by atoms with van der Waals surface area (Å²) in [5, 5.41) is 12.8. The molecule has 2 rings (SSSR count). The number of anilines is 1. The van der Waals surface area contributed by atoms with Gasteiger partial charge in [0, 0.05) is 6.54 Å². The quantitative estimate of drug-likeness (QED) is 0.824. The molecule has 0 bridgehead atoms. The molecule has 19 heavy (non-hydrogen) atoms. The second-order valence-corrected chi connectivity index (χ2v) is 4.73. The molecule has 96 valence electrons. The zero-order valence-corrected chi connectivity index (χ0v) is 11.3. The number of benzene rings is 2. The van der Waals surface area contributed by atoms with Crippen LogP contribution in [0.4, 0.5) is 5.69 Å². The van der Waals surface area contributed by atoms with Gasteiger partial charge in [0.2, 0.25) is 0 Å². The Kier molecular flexibility index (Phi) is 4.83. The van der Waals surface area contributed by atoms with Gasteiger partial charge in [-0.1, -0.05) is 41.9 Å². The summed E-state index contributed by atoms with van der Waals surface area (Å²) < 4.78 is 0. The molecule has 0 aliphatic carbocycles. The molecule has 2 nitrogen and oxygen atoms in total. The smallest absolute Gasteiger partial charge is 0.0992 e. The average molecular weight is 271 g/mol. The molecular formula is C16H15ClN2. The number of halogens is 1. The predicted molar refractivity (Wildman–Crippen MR) is 79.4 cm³/mol. The van der Waals surface area contributed by atoms with E-state index in [4.69, 9.17) is 16.9 Å². The lowest BCUT2D eigenvalue weighted by Crippen LogP contribution is -2.03. The molecule has 0 atom stereocenters. The van der Waals surface area contributed by atoms with Gasteiger partial charge in [0.15, 0.2) is 0 Å². The van der Waals surface area contributed by atoms with Crippen molar-refractivity contribution in [1.29, 1.82) is 5.26 Å². The summed E-state index contributed by atoms with van der Waals surface area (Å²) in [6.45, 7) is 0.837. The lowest BCUT2D eigenvalue weighted by atomic mass is 10.1. The fourth-order valence-corrected chi connectivity index (χ4v) is 2.07. The Balaban J connectivity index is 1.85. The molecule has 2 aromatic rings. The van der Waals surface area contributed by atoms with Crippen molar-refractivity contribution >= 4 is 17.3 Å². The van der Waals surface area contributed by atoms with Gasteiger partial charge in [-0.25, -0.2) is 0 Å². The van der Waals surface area contributed by atoms with E-state index < -0.39 is 0 Å². The van der Waals surface area contributed by atoms with E-state index in [0.717, 1.165) is 25.1 Å². The van der Waals surface area contributed by atoms with Gasteiger partial charge in [-0.2, -0.15) is 5.26 Å². The summed E-state index contributed by atoms with van der Waals surface area (Å²) in [4.78, 5) is 0. The summed E-state index contributed by atoms with van der Waals surface area (Å²) in [6.07, 6.45) is 2.06. The third-order valence-electron chi connectivity index (χ3n) is 2.90. The molecule has 0 saturated carbocycles. The van der Waals surface area contributed by atoms with Gasteiger partial charge in [-0.3, -0.25) is 0 Å². The second kappa shape index (κ2) is 6.82. The van der Waals surface area contributed by atoms with Crippen LogP contribution in [0.25, 0.3) is 0 Å². The fourth-order valence-electron chi connectivity index (χ4n) is 1.89.